The molecule has 140 valence electrons. The smallest absolute Gasteiger partial charge is 0.213 e. The number of nitrogens with zero attached hydrogens (tertiary/aromatic N) is 2. The molecule has 1 aromatic heterocycles. The Hall–Kier alpha value is -3.21. The first kappa shape index (κ1) is 16.9. The number of anilines is 1. The van der Waals surface area contributed by atoms with Gasteiger partial charge in [0.1, 0.15) is 5.69 Å². The van der Waals surface area contributed by atoms with Crippen molar-refractivity contribution in [3.05, 3.63) is 77.0 Å². The quantitative estimate of drug-likeness (QED) is 0.580. The van der Waals surface area contributed by atoms with Gasteiger partial charge in [-0.25, -0.2) is 4.68 Å². The van der Waals surface area contributed by atoms with Crippen molar-refractivity contribution in [3.8, 4) is 5.69 Å². The van der Waals surface area contributed by atoms with Crippen molar-refractivity contribution in [1.29, 1.82) is 0 Å². The SMILES string of the molecule is O=C1c2ccccc2C(=O)c2c1c(NC1CCCCC1)nn2-c1ccccc1. The highest BCUT2D eigenvalue weighted by molar-refractivity contribution is 6.29. The van der Waals surface area contributed by atoms with Crippen LogP contribution in [-0.4, -0.2) is 27.4 Å². The number of aromatic nitrogens is 2. The summed E-state index contributed by atoms with van der Waals surface area (Å²) < 4.78 is 1.62. The first-order chi connectivity index (χ1) is 13.7. The number of ketones is 2. The highest BCUT2D eigenvalue weighted by atomic mass is 16.1. The molecule has 2 aromatic carbocycles. The van der Waals surface area contributed by atoms with E-state index in [2.05, 4.69) is 5.32 Å². The van der Waals surface area contributed by atoms with E-state index in [0.29, 0.717) is 28.2 Å². The molecule has 0 radical (unpaired) electrons. The molecule has 2 aliphatic carbocycles. The molecule has 5 heteroatoms. The lowest BCUT2D eigenvalue weighted by Gasteiger charge is -2.23. The van der Waals surface area contributed by atoms with Gasteiger partial charge >= 0.3 is 0 Å². The Bertz CT molecular complexity index is 1060. The average Bonchev–Trinajstić information content (AvgIpc) is 3.13. The predicted molar refractivity (Wildman–Crippen MR) is 107 cm³/mol. The molecular formula is C23H21N3O2. The summed E-state index contributed by atoms with van der Waals surface area (Å²) in [5.74, 6) is 0.238. The van der Waals surface area contributed by atoms with Crippen LogP contribution in [0.4, 0.5) is 5.82 Å². The largest absolute Gasteiger partial charge is 0.365 e. The van der Waals surface area contributed by atoms with Crippen LogP contribution in [0.2, 0.25) is 0 Å². The van der Waals surface area contributed by atoms with E-state index >= 15 is 0 Å². The van der Waals surface area contributed by atoms with Crippen LogP contribution < -0.4 is 5.32 Å². The second kappa shape index (κ2) is 6.75. The van der Waals surface area contributed by atoms with Crippen LogP contribution in [0.25, 0.3) is 5.69 Å². The van der Waals surface area contributed by atoms with Crippen LogP contribution in [0, 0.1) is 0 Å². The van der Waals surface area contributed by atoms with Gasteiger partial charge in [-0.3, -0.25) is 9.59 Å². The van der Waals surface area contributed by atoms with Crippen LogP contribution in [-0.2, 0) is 0 Å². The summed E-state index contributed by atoms with van der Waals surface area (Å²) in [4.78, 5) is 26.6. The number of benzene rings is 2. The number of rotatable bonds is 3. The Morgan fingerprint density at radius 2 is 1.46 bits per heavy atom. The zero-order valence-corrected chi connectivity index (χ0v) is 15.5. The van der Waals surface area contributed by atoms with Crippen LogP contribution >= 0.6 is 0 Å². The molecule has 5 nitrogen and oxygen atoms in total. The van der Waals surface area contributed by atoms with Crippen LogP contribution in [0.5, 0.6) is 0 Å². The van der Waals surface area contributed by atoms with E-state index in [0.717, 1.165) is 18.5 Å². The molecule has 1 N–H and O–H groups in total. The predicted octanol–water partition coefficient (Wildman–Crippen LogP) is 4.39. The van der Waals surface area contributed by atoms with Gasteiger partial charge in [0, 0.05) is 17.2 Å². The van der Waals surface area contributed by atoms with E-state index in [1.54, 1.807) is 28.9 Å². The van der Waals surface area contributed by atoms with Crippen molar-refractivity contribution >= 4 is 17.4 Å². The van der Waals surface area contributed by atoms with Crippen molar-refractivity contribution in [2.45, 2.75) is 38.1 Å². The second-order valence-corrected chi connectivity index (χ2v) is 7.50. The van der Waals surface area contributed by atoms with Gasteiger partial charge in [0.05, 0.1) is 11.3 Å². The van der Waals surface area contributed by atoms with Crippen LogP contribution in [0.15, 0.2) is 54.6 Å². The summed E-state index contributed by atoms with van der Waals surface area (Å²) in [6.45, 7) is 0. The number of hydrogen-bond acceptors (Lipinski definition) is 4. The Kier molecular flexibility index (Phi) is 4.08. The first-order valence-corrected chi connectivity index (χ1v) is 9.87. The van der Waals surface area contributed by atoms with Gasteiger partial charge in [0.2, 0.25) is 5.78 Å². The van der Waals surface area contributed by atoms with E-state index in [1.165, 1.54) is 19.3 Å². The fourth-order valence-electron chi connectivity index (χ4n) is 4.28. The van der Waals surface area contributed by atoms with Crippen molar-refractivity contribution in [2.24, 2.45) is 0 Å². The third-order valence-electron chi connectivity index (χ3n) is 5.69. The van der Waals surface area contributed by atoms with Crippen molar-refractivity contribution in [3.63, 3.8) is 0 Å². The molecule has 3 aromatic rings. The minimum atomic E-state index is -0.154. The second-order valence-electron chi connectivity index (χ2n) is 7.50. The molecule has 0 atom stereocenters. The Morgan fingerprint density at radius 1 is 0.821 bits per heavy atom. The van der Waals surface area contributed by atoms with Crippen LogP contribution in [0.1, 0.15) is 64.1 Å². The van der Waals surface area contributed by atoms with Gasteiger partial charge < -0.3 is 5.32 Å². The molecule has 1 fully saturated rings. The first-order valence-electron chi connectivity index (χ1n) is 9.87. The summed E-state index contributed by atoms with van der Waals surface area (Å²) in [7, 11) is 0. The van der Waals surface area contributed by atoms with Crippen molar-refractivity contribution < 1.29 is 9.59 Å². The summed E-state index contributed by atoms with van der Waals surface area (Å²) in [6, 6.07) is 16.8. The zero-order chi connectivity index (χ0) is 19.1. The molecule has 1 saturated carbocycles. The van der Waals surface area contributed by atoms with Gasteiger partial charge in [-0.2, -0.15) is 0 Å². The lowest BCUT2D eigenvalue weighted by Crippen LogP contribution is -2.25. The molecule has 28 heavy (non-hydrogen) atoms. The molecule has 1 heterocycles. The minimum Gasteiger partial charge on any atom is -0.365 e. The molecular weight excluding hydrogens is 350 g/mol. The van der Waals surface area contributed by atoms with E-state index in [4.69, 9.17) is 5.10 Å². The number of fused-ring (bicyclic) bond motifs is 2. The third kappa shape index (κ3) is 2.66. The molecule has 0 spiro atoms. The molecule has 5 rings (SSSR count). The lowest BCUT2D eigenvalue weighted by atomic mass is 9.87. The number of para-hydroxylation sites is 1. The lowest BCUT2D eigenvalue weighted by molar-refractivity contribution is 0.0975. The van der Waals surface area contributed by atoms with E-state index in [-0.39, 0.29) is 17.6 Å². The van der Waals surface area contributed by atoms with Gasteiger partial charge in [0.25, 0.3) is 0 Å². The Morgan fingerprint density at radius 3 is 2.18 bits per heavy atom. The summed E-state index contributed by atoms with van der Waals surface area (Å²) in [5, 5.41) is 8.18. The van der Waals surface area contributed by atoms with Gasteiger partial charge in [0.15, 0.2) is 11.6 Å². The van der Waals surface area contributed by atoms with Crippen molar-refractivity contribution in [2.75, 3.05) is 5.32 Å². The Balaban J connectivity index is 1.68. The highest BCUT2D eigenvalue weighted by Crippen LogP contribution is 2.34. The topological polar surface area (TPSA) is 64.0 Å². The zero-order valence-electron chi connectivity index (χ0n) is 15.5. The maximum atomic E-state index is 13.3. The number of nitrogens with one attached hydrogen (secondary N) is 1. The summed E-state index contributed by atoms with van der Waals surface area (Å²) >= 11 is 0. The van der Waals surface area contributed by atoms with E-state index in [9.17, 15) is 9.59 Å². The molecule has 0 amide bonds. The number of hydrogen-bond donors (Lipinski definition) is 1. The number of carbonyl (C=O) groups is 2. The fraction of sp³-hybridized carbons (Fsp3) is 0.261. The van der Waals surface area contributed by atoms with Gasteiger partial charge in [-0.1, -0.05) is 61.7 Å². The Labute approximate surface area is 163 Å². The van der Waals surface area contributed by atoms with Gasteiger partial charge in [-0.15, -0.1) is 5.10 Å². The average molecular weight is 371 g/mol. The summed E-state index contributed by atoms with van der Waals surface area (Å²) in [6.07, 6.45) is 5.72. The van der Waals surface area contributed by atoms with Crippen LogP contribution in [0.3, 0.4) is 0 Å². The molecule has 0 aliphatic heterocycles. The van der Waals surface area contributed by atoms with Crippen molar-refractivity contribution in [1.82, 2.24) is 9.78 Å². The summed E-state index contributed by atoms with van der Waals surface area (Å²) in [5.41, 5.74) is 2.43. The normalized spacial score (nSPS) is 16.6. The van der Waals surface area contributed by atoms with E-state index in [1.807, 2.05) is 30.3 Å². The highest BCUT2D eigenvalue weighted by Gasteiger charge is 2.37. The molecule has 2 aliphatic rings. The fourth-order valence-corrected chi connectivity index (χ4v) is 4.28. The maximum absolute atomic E-state index is 13.3. The monoisotopic (exact) mass is 371 g/mol. The van der Waals surface area contributed by atoms with Gasteiger partial charge in [-0.05, 0) is 25.0 Å². The molecule has 0 unspecified atom stereocenters. The standard InChI is InChI=1S/C23H21N3O2/c27-21-17-13-7-8-14-18(17)22(28)20-19(21)23(24-15-9-3-1-4-10-15)25-26(20)16-11-5-2-6-12-16/h2,5-8,11-15H,1,3-4,9-10H2,(H,24,25). The van der Waals surface area contributed by atoms with E-state index < -0.39 is 0 Å². The number of carbonyl (C=O) groups excluding carboxylic acids is 2. The molecule has 0 bridgehead atoms. The molecule has 0 saturated heterocycles. The third-order valence-corrected chi connectivity index (χ3v) is 5.69. The maximum Gasteiger partial charge on any atom is 0.213 e. The minimum absolute atomic E-state index is 0.134.